The predicted molar refractivity (Wildman–Crippen MR) is 132 cm³/mol. The van der Waals surface area contributed by atoms with Crippen LogP contribution in [0.4, 0.5) is 5.69 Å². The summed E-state index contributed by atoms with van der Waals surface area (Å²) in [6.45, 7) is 22.0. The molecule has 0 amide bonds. The molecule has 2 aromatic carbocycles. The van der Waals surface area contributed by atoms with E-state index in [1.165, 1.54) is 22.1 Å². The van der Waals surface area contributed by atoms with Crippen molar-refractivity contribution in [1.29, 1.82) is 0 Å². The molecule has 160 valence electrons. The van der Waals surface area contributed by atoms with Gasteiger partial charge in [0.15, 0.2) is 0 Å². The highest BCUT2D eigenvalue weighted by Crippen LogP contribution is 2.50. The molecule has 2 atom stereocenters. The highest BCUT2D eigenvalue weighted by Gasteiger charge is 2.32. The smallest absolute Gasteiger partial charge is 0.122 e. The summed E-state index contributed by atoms with van der Waals surface area (Å²) in [6, 6.07) is 11.1. The third kappa shape index (κ3) is 4.97. The molecule has 2 aromatic rings. The van der Waals surface area contributed by atoms with E-state index in [0.29, 0.717) is 14.3 Å². The summed E-state index contributed by atoms with van der Waals surface area (Å²) in [5, 5.41) is 12.4. The Labute approximate surface area is 180 Å². The molecule has 0 heterocycles. The second kappa shape index (κ2) is 9.09. The molecule has 0 aliphatic carbocycles. The van der Waals surface area contributed by atoms with E-state index in [9.17, 15) is 5.11 Å². The van der Waals surface area contributed by atoms with E-state index in [1.807, 2.05) is 6.92 Å². The molecule has 2 rings (SSSR count). The van der Waals surface area contributed by atoms with E-state index in [1.54, 1.807) is 0 Å². The van der Waals surface area contributed by atoms with Gasteiger partial charge >= 0.3 is 0 Å². The van der Waals surface area contributed by atoms with Crippen molar-refractivity contribution in [3.05, 3.63) is 52.6 Å². The molecule has 2 nitrogen and oxygen atoms in total. The molecular formula is C26H40NOP. The Morgan fingerprint density at radius 3 is 2.07 bits per heavy atom. The fourth-order valence-corrected chi connectivity index (χ4v) is 5.60. The van der Waals surface area contributed by atoms with Crippen molar-refractivity contribution in [3.8, 4) is 5.75 Å². The van der Waals surface area contributed by atoms with Crippen molar-refractivity contribution in [2.45, 2.75) is 79.3 Å². The van der Waals surface area contributed by atoms with Crippen molar-refractivity contribution < 1.29 is 5.11 Å². The third-order valence-electron chi connectivity index (χ3n) is 6.22. The molecule has 2 unspecified atom stereocenters. The SMILES string of the molecule is CCN(CC)c1cccc(C)c1PC(C)(CC)c1cc(C(C)(C)C)cc(C)c1O. The van der Waals surface area contributed by atoms with Crippen LogP contribution in [0.5, 0.6) is 5.75 Å². The Morgan fingerprint density at radius 2 is 1.55 bits per heavy atom. The Morgan fingerprint density at radius 1 is 0.931 bits per heavy atom. The van der Waals surface area contributed by atoms with Crippen molar-refractivity contribution in [3.63, 3.8) is 0 Å². The van der Waals surface area contributed by atoms with Crippen LogP contribution in [0.25, 0.3) is 0 Å². The number of hydrogen-bond donors (Lipinski definition) is 1. The fourth-order valence-electron chi connectivity index (χ4n) is 3.90. The van der Waals surface area contributed by atoms with Crippen LogP contribution >= 0.6 is 8.58 Å². The second-order valence-electron chi connectivity index (χ2n) is 9.39. The normalized spacial score (nSPS) is 14.4. The van der Waals surface area contributed by atoms with Gasteiger partial charge in [-0.3, -0.25) is 0 Å². The summed E-state index contributed by atoms with van der Waals surface area (Å²) < 4.78 is 0. The zero-order valence-corrected chi connectivity index (χ0v) is 20.9. The number of nitrogens with zero attached hydrogens (tertiary/aromatic N) is 1. The molecule has 0 aliphatic heterocycles. The second-order valence-corrected chi connectivity index (χ2v) is 11.2. The van der Waals surface area contributed by atoms with Gasteiger partial charge in [0.25, 0.3) is 0 Å². The summed E-state index contributed by atoms with van der Waals surface area (Å²) in [6.07, 6.45) is 0.984. The van der Waals surface area contributed by atoms with E-state index >= 15 is 0 Å². The largest absolute Gasteiger partial charge is 0.507 e. The topological polar surface area (TPSA) is 23.5 Å². The van der Waals surface area contributed by atoms with Crippen LogP contribution in [0.3, 0.4) is 0 Å². The third-order valence-corrected chi connectivity index (χ3v) is 8.30. The van der Waals surface area contributed by atoms with Gasteiger partial charge in [-0.15, -0.1) is 0 Å². The van der Waals surface area contributed by atoms with Crippen LogP contribution in [0.2, 0.25) is 0 Å². The molecule has 0 aromatic heterocycles. The first-order valence-corrected chi connectivity index (χ1v) is 12.0. The van der Waals surface area contributed by atoms with Crippen LogP contribution in [0.1, 0.15) is 77.1 Å². The van der Waals surface area contributed by atoms with Gasteiger partial charge in [-0.05, 0) is 67.6 Å². The van der Waals surface area contributed by atoms with Crippen molar-refractivity contribution >= 4 is 19.6 Å². The van der Waals surface area contributed by atoms with E-state index in [4.69, 9.17) is 0 Å². The molecule has 29 heavy (non-hydrogen) atoms. The van der Waals surface area contributed by atoms with E-state index in [0.717, 1.165) is 30.6 Å². The van der Waals surface area contributed by atoms with E-state index in [-0.39, 0.29) is 10.6 Å². The van der Waals surface area contributed by atoms with Crippen molar-refractivity contribution in [2.24, 2.45) is 0 Å². The molecule has 0 saturated heterocycles. The molecule has 0 aliphatic rings. The van der Waals surface area contributed by atoms with Gasteiger partial charge in [-0.25, -0.2) is 0 Å². The van der Waals surface area contributed by atoms with Crippen LogP contribution in [0, 0.1) is 13.8 Å². The van der Waals surface area contributed by atoms with Gasteiger partial charge in [0.2, 0.25) is 0 Å². The van der Waals surface area contributed by atoms with Gasteiger partial charge in [0.1, 0.15) is 5.75 Å². The number of rotatable bonds is 7. The fraction of sp³-hybridized carbons (Fsp3) is 0.538. The van der Waals surface area contributed by atoms with E-state index in [2.05, 4.69) is 90.6 Å². The molecule has 3 heteroatoms. The minimum Gasteiger partial charge on any atom is -0.507 e. The summed E-state index contributed by atoms with van der Waals surface area (Å²) in [5.41, 5.74) is 6.11. The highest BCUT2D eigenvalue weighted by atomic mass is 31.1. The number of aryl methyl sites for hydroxylation is 2. The van der Waals surface area contributed by atoms with Crippen LogP contribution in [-0.2, 0) is 10.6 Å². The summed E-state index contributed by atoms with van der Waals surface area (Å²) in [5.74, 6) is 0.466. The lowest BCUT2D eigenvalue weighted by Crippen LogP contribution is -2.29. The summed E-state index contributed by atoms with van der Waals surface area (Å²) in [4.78, 5) is 2.45. The molecular weight excluding hydrogens is 373 g/mol. The van der Waals surface area contributed by atoms with Gasteiger partial charge in [0, 0.05) is 29.5 Å². The van der Waals surface area contributed by atoms with Gasteiger partial charge in [-0.1, -0.05) is 67.5 Å². The maximum Gasteiger partial charge on any atom is 0.122 e. The average Bonchev–Trinajstić information content (AvgIpc) is 2.66. The van der Waals surface area contributed by atoms with Gasteiger partial charge in [0.05, 0.1) is 0 Å². The van der Waals surface area contributed by atoms with Crippen molar-refractivity contribution in [1.82, 2.24) is 0 Å². The first-order valence-electron chi connectivity index (χ1n) is 11.0. The Bertz CT molecular complexity index is 849. The molecule has 0 saturated carbocycles. The van der Waals surface area contributed by atoms with Crippen LogP contribution in [-0.4, -0.2) is 18.2 Å². The zero-order chi connectivity index (χ0) is 22.0. The lowest BCUT2D eigenvalue weighted by atomic mass is 9.82. The molecule has 0 spiro atoms. The zero-order valence-electron chi connectivity index (χ0n) is 19.9. The molecule has 0 bridgehead atoms. The standard InChI is InChI=1S/C26H40NOP/c1-10-26(9,21-17-20(25(6,7)8)16-19(5)23(21)28)29-24-18(4)14-13-15-22(24)27(11-2)12-3/h13-17,28-29H,10-12H2,1-9H3. The average molecular weight is 414 g/mol. The Hall–Kier alpha value is -1.53. The van der Waals surface area contributed by atoms with Crippen molar-refractivity contribution in [2.75, 3.05) is 18.0 Å². The van der Waals surface area contributed by atoms with Gasteiger partial charge < -0.3 is 10.0 Å². The lowest BCUT2D eigenvalue weighted by Gasteiger charge is -2.35. The quantitative estimate of drug-likeness (QED) is 0.506. The number of hydrogen-bond acceptors (Lipinski definition) is 2. The van der Waals surface area contributed by atoms with Crippen LogP contribution in [0.15, 0.2) is 30.3 Å². The van der Waals surface area contributed by atoms with Gasteiger partial charge in [-0.2, -0.15) is 0 Å². The number of phenols is 1. The molecule has 0 fully saturated rings. The first-order chi connectivity index (χ1) is 13.5. The monoisotopic (exact) mass is 413 g/mol. The lowest BCUT2D eigenvalue weighted by molar-refractivity contribution is 0.450. The Balaban J connectivity index is 2.65. The van der Waals surface area contributed by atoms with Crippen LogP contribution < -0.4 is 10.2 Å². The maximum atomic E-state index is 11.1. The molecule has 1 N–H and O–H groups in total. The number of benzene rings is 2. The number of anilines is 1. The summed E-state index contributed by atoms with van der Waals surface area (Å²) in [7, 11) is 0.593. The first kappa shape index (κ1) is 23.7. The minimum atomic E-state index is -0.107. The predicted octanol–water partition coefficient (Wildman–Crippen LogP) is 6.78. The highest BCUT2D eigenvalue weighted by molar-refractivity contribution is 7.49. The number of phenolic OH excluding ortho intramolecular Hbond substituents is 1. The van der Waals surface area contributed by atoms with E-state index < -0.39 is 0 Å². The Kier molecular flexibility index (Phi) is 7.44. The maximum absolute atomic E-state index is 11.1. The minimum absolute atomic E-state index is 0.0556. The number of aromatic hydroxyl groups is 1. The molecule has 0 radical (unpaired) electrons. The summed E-state index contributed by atoms with van der Waals surface area (Å²) >= 11 is 0.